The molecule has 0 saturated carbocycles. The Labute approximate surface area is 164 Å². The van der Waals surface area contributed by atoms with Gasteiger partial charge in [-0.1, -0.05) is 12.1 Å². The summed E-state index contributed by atoms with van der Waals surface area (Å²) in [5.74, 6) is -0.457. The van der Waals surface area contributed by atoms with Crippen molar-refractivity contribution in [2.24, 2.45) is 0 Å². The van der Waals surface area contributed by atoms with Gasteiger partial charge in [0.25, 0.3) is 0 Å². The molecule has 1 aromatic carbocycles. The minimum atomic E-state index is -0.471. The van der Waals surface area contributed by atoms with Gasteiger partial charge in [0.05, 0.1) is 30.8 Å². The highest BCUT2D eigenvalue weighted by molar-refractivity contribution is 5.97. The van der Waals surface area contributed by atoms with Crippen molar-refractivity contribution in [3.63, 3.8) is 0 Å². The smallest absolute Gasteiger partial charge is 0.341 e. The normalized spacial score (nSPS) is 14.4. The molecule has 0 radical (unpaired) electrons. The number of furan rings is 1. The molecule has 0 unspecified atom stereocenters. The minimum absolute atomic E-state index is 0.187. The second-order valence-electron chi connectivity index (χ2n) is 6.70. The third-order valence-corrected chi connectivity index (χ3v) is 5.03. The summed E-state index contributed by atoms with van der Waals surface area (Å²) in [7, 11) is 3.14. The predicted molar refractivity (Wildman–Crippen MR) is 103 cm³/mol. The van der Waals surface area contributed by atoms with Crippen LogP contribution in [0.15, 0.2) is 69.8 Å². The Bertz CT molecular complexity index is 936. The molecule has 0 amide bonds. The molecule has 2 aromatic rings. The highest BCUT2D eigenvalue weighted by Gasteiger charge is 2.29. The van der Waals surface area contributed by atoms with E-state index in [-0.39, 0.29) is 6.42 Å². The number of rotatable bonds is 5. The van der Waals surface area contributed by atoms with E-state index in [1.54, 1.807) is 29.6 Å². The maximum Gasteiger partial charge on any atom is 0.341 e. The Hall–Kier alpha value is -3.28. The zero-order chi connectivity index (χ0) is 20.3. The molecule has 146 valence electrons. The first-order chi connectivity index (χ1) is 13.4. The molecule has 6 heteroatoms. The van der Waals surface area contributed by atoms with E-state index in [1.807, 2.05) is 39.1 Å². The fourth-order valence-electron chi connectivity index (χ4n) is 3.12. The summed E-state index contributed by atoms with van der Waals surface area (Å²) in [5, 5.41) is 0. The summed E-state index contributed by atoms with van der Waals surface area (Å²) in [4.78, 5) is 26.6. The number of methoxy groups -OCH3 is 1. The number of benzene rings is 1. The summed E-state index contributed by atoms with van der Waals surface area (Å²) in [6.45, 7) is 3.67. The van der Waals surface area contributed by atoms with Crippen molar-refractivity contribution in [2.45, 2.75) is 26.7 Å². The average Bonchev–Trinajstić information content (AvgIpc) is 3.20. The lowest BCUT2D eigenvalue weighted by atomic mass is 9.97. The summed E-state index contributed by atoms with van der Waals surface area (Å²) in [6, 6.07) is 9.26. The van der Waals surface area contributed by atoms with E-state index in [4.69, 9.17) is 13.9 Å². The van der Waals surface area contributed by atoms with Gasteiger partial charge in [-0.3, -0.25) is 0 Å². The molecule has 1 aliphatic heterocycles. The third-order valence-electron chi connectivity index (χ3n) is 5.03. The van der Waals surface area contributed by atoms with Gasteiger partial charge in [0.1, 0.15) is 5.75 Å². The van der Waals surface area contributed by atoms with Crippen molar-refractivity contribution < 1.29 is 23.5 Å². The maximum absolute atomic E-state index is 12.7. The molecule has 0 saturated heterocycles. The van der Waals surface area contributed by atoms with Crippen molar-refractivity contribution in [2.75, 3.05) is 14.2 Å². The van der Waals surface area contributed by atoms with Crippen molar-refractivity contribution in [3.05, 3.63) is 76.5 Å². The first-order valence-electron chi connectivity index (χ1n) is 8.94. The van der Waals surface area contributed by atoms with E-state index in [9.17, 15) is 9.59 Å². The number of esters is 2. The lowest BCUT2D eigenvalue weighted by Crippen LogP contribution is -2.29. The van der Waals surface area contributed by atoms with Gasteiger partial charge in [0, 0.05) is 31.3 Å². The van der Waals surface area contributed by atoms with Crippen LogP contribution in [0.25, 0.3) is 0 Å². The average molecular weight is 381 g/mol. The fourth-order valence-corrected chi connectivity index (χ4v) is 3.12. The van der Waals surface area contributed by atoms with Crippen LogP contribution in [0.3, 0.4) is 0 Å². The van der Waals surface area contributed by atoms with Gasteiger partial charge in [-0.2, -0.15) is 0 Å². The number of carbonyl (C=O) groups is 2. The second kappa shape index (κ2) is 8.17. The predicted octanol–water partition coefficient (Wildman–Crippen LogP) is 3.83. The van der Waals surface area contributed by atoms with Crippen LogP contribution in [0, 0.1) is 0 Å². The van der Waals surface area contributed by atoms with Gasteiger partial charge < -0.3 is 18.8 Å². The van der Waals surface area contributed by atoms with Crippen molar-refractivity contribution >= 4 is 11.9 Å². The van der Waals surface area contributed by atoms with E-state index < -0.39 is 11.9 Å². The summed E-state index contributed by atoms with van der Waals surface area (Å²) in [6.07, 6.45) is 4.27. The molecule has 0 atom stereocenters. The van der Waals surface area contributed by atoms with E-state index in [0.29, 0.717) is 16.9 Å². The van der Waals surface area contributed by atoms with Gasteiger partial charge >= 0.3 is 11.9 Å². The van der Waals surface area contributed by atoms with Gasteiger partial charge in [0.2, 0.25) is 0 Å². The van der Waals surface area contributed by atoms with Crippen LogP contribution >= 0.6 is 0 Å². The van der Waals surface area contributed by atoms with Crippen LogP contribution in [0.1, 0.15) is 31.4 Å². The maximum atomic E-state index is 12.7. The van der Waals surface area contributed by atoms with Crippen LogP contribution in [0.4, 0.5) is 0 Å². The minimum Gasteiger partial charge on any atom is -0.472 e. The molecule has 1 aliphatic rings. The largest absolute Gasteiger partial charge is 0.472 e. The molecule has 0 aliphatic carbocycles. The van der Waals surface area contributed by atoms with E-state index in [2.05, 4.69) is 0 Å². The van der Waals surface area contributed by atoms with Gasteiger partial charge in [-0.25, -0.2) is 9.59 Å². The monoisotopic (exact) mass is 381 g/mol. The Morgan fingerprint density at radius 3 is 2.21 bits per heavy atom. The van der Waals surface area contributed by atoms with Crippen LogP contribution in [-0.2, 0) is 20.7 Å². The third kappa shape index (κ3) is 4.01. The molecule has 1 aromatic heterocycles. The van der Waals surface area contributed by atoms with Crippen LogP contribution in [-0.4, -0.2) is 31.0 Å². The van der Waals surface area contributed by atoms with E-state index >= 15 is 0 Å². The molecule has 28 heavy (non-hydrogen) atoms. The number of nitrogens with zero attached hydrogens (tertiary/aromatic N) is 1. The van der Waals surface area contributed by atoms with Crippen molar-refractivity contribution in [3.8, 4) is 5.75 Å². The number of hydrogen-bond donors (Lipinski definition) is 0. The zero-order valence-corrected chi connectivity index (χ0v) is 16.4. The zero-order valence-electron chi connectivity index (χ0n) is 16.4. The van der Waals surface area contributed by atoms with Crippen molar-refractivity contribution in [1.29, 1.82) is 0 Å². The summed E-state index contributed by atoms with van der Waals surface area (Å²) in [5.41, 5.74) is 4.58. The number of hydrogen-bond acceptors (Lipinski definition) is 6. The number of carbonyl (C=O) groups excluding carboxylic acids is 2. The number of ether oxygens (including phenoxy) is 2. The molecule has 3 rings (SSSR count). The van der Waals surface area contributed by atoms with E-state index in [0.717, 1.165) is 28.9 Å². The Morgan fingerprint density at radius 1 is 1.00 bits per heavy atom. The topological polar surface area (TPSA) is 69.0 Å². The molecular weight excluding hydrogens is 358 g/mol. The Morgan fingerprint density at radius 2 is 1.64 bits per heavy atom. The van der Waals surface area contributed by atoms with Crippen LogP contribution in [0.2, 0.25) is 0 Å². The molecule has 2 heterocycles. The Kier molecular flexibility index (Phi) is 5.68. The number of allylic oxidation sites excluding steroid dienone is 2. The highest BCUT2D eigenvalue weighted by atomic mass is 16.5. The lowest BCUT2D eigenvalue weighted by Gasteiger charge is -2.30. The van der Waals surface area contributed by atoms with Crippen LogP contribution < -0.4 is 4.74 Å². The fraction of sp³-hybridized carbons (Fsp3) is 0.273. The summed E-state index contributed by atoms with van der Waals surface area (Å²) < 4.78 is 15.5. The lowest BCUT2D eigenvalue weighted by molar-refractivity contribution is -0.136. The Balaban J connectivity index is 1.72. The van der Waals surface area contributed by atoms with Gasteiger partial charge in [0.15, 0.2) is 0 Å². The summed E-state index contributed by atoms with van der Waals surface area (Å²) >= 11 is 0. The van der Waals surface area contributed by atoms with Crippen molar-refractivity contribution in [1.82, 2.24) is 4.90 Å². The first-order valence-corrected chi connectivity index (χ1v) is 8.94. The standard InChI is InChI=1S/C22H23NO5/c1-14-19(21(24)26-4)12-20(15(2)23(14)3)22(25)28-18-7-5-16(6-8-18)11-17-9-10-27-13-17/h5-10,13H,11-12H2,1-4H3. The first kappa shape index (κ1) is 19.5. The van der Waals surface area contributed by atoms with Gasteiger partial charge in [-0.15, -0.1) is 0 Å². The second-order valence-corrected chi connectivity index (χ2v) is 6.70. The molecule has 6 nitrogen and oxygen atoms in total. The van der Waals surface area contributed by atoms with E-state index in [1.165, 1.54) is 7.11 Å². The molecule has 0 fully saturated rings. The van der Waals surface area contributed by atoms with Crippen LogP contribution in [0.5, 0.6) is 5.75 Å². The quantitative estimate of drug-likeness (QED) is 0.579. The SMILES string of the molecule is COC(=O)C1=C(C)N(C)C(C)=C(C(=O)Oc2ccc(Cc3ccoc3)cc2)C1. The molecular formula is C22H23NO5. The highest BCUT2D eigenvalue weighted by Crippen LogP contribution is 2.31. The van der Waals surface area contributed by atoms with Gasteiger partial charge in [-0.05, 0) is 43.2 Å². The molecule has 0 bridgehead atoms. The molecule has 0 spiro atoms. The molecule has 0 N–H and O–H groups in total.